The molecule has 0 aliphatic rings. The Kier molecular flexibility index (Phi) is 9.78. The molecule has 0 aliphatic carbocycles. The lowest BCUT2D eigenvalue weighted by molar-refractivity contribution is -0.141. The molecule has 1 aromatic heterocycles. The summed E-state index contributed by atoms with van der Waals surface area (Å²) in [6, 6.07) is 24.4. The third-order valence-corrected chi connectivity index (χ3v) is 6.41. The summed E-state index contributed by atoms with van der Waals surface area (Å²) in [5.74, 6) is 2.02. The van der Waals surface area contributed by atoms with E-state index in [2.05, 4.69) is 28.8 Å². The molecular formula is C31H35N3O4. The molecule has 2 unspecified atom stereocenters. The predicted octanol–water partition coefficient (Wildman–Crippen LogP) is 6.51. The first-order valence-electron chi connectivity index (χ1n) is 13.2. The molecule has 0 radical (unpaired) electrons. The molecule has 198 valence electrons. The predicted molar refractivity (Wildman–Crippen MR) is 149 cm³/mol. The Morgan fingerprint density at radius 1 is 0.763 bits per heavy atom. The lowest BCUT2D eigenvalue weighted by Crippen LogP contribution is -2.25. The number of aromatic nitrogens is 3. The van der Waals surface area contributed by atoms with Gasteiger partial charge in [-0.2, -0.15) is 0 Å². The van der Waals surface area contributed by atoms with Crippen LogP contribution in [0, 0.1) is 5.92 Å². The molecule has 2 atom stereocenters. The average Bonchev–Trinajstić information content (AvgIpc) is 2.96. The maximum absolute atomic E-state index is 10.8. The van der Waals surface area contributed by atoms with Crippen molar-refractivity contribution in [2.24, 2.45) is 5.92 Å². The van der Waals surface area contributed by atoms with Crippen LogP contribution >= 0.6 is 0 Å². The summed E-state index contributed by atoms with van der Waals surface area (Å²) in [6.07, 6.45) is 3.18. The summed E-state index contributed by atoms with van der Waals surface area (Å²) < 4.78 is 11.3. The van der Waals surface area contributed by atoms with Gasteiger partial charge < -0.3 is 19.7 Å². The fraction of sp³-hybridized carbons (Fsp3) is 0.323. The second-order valence-electron chi connectivity index (χ2n) is 9.14. The molecule has 0 spiro atoms. The molecule has 0 fully saturated rings. The molecule has 0 amide bonds. The van der Waals surface area contributed by atoms with Gasteiger partial charge in [-0.3, -0.25) is 0 Å². The van der Waals surface area contributed by atoms with E-state index in [0.717, 1.165) is 36.8 Å². The van der Waals surface area contributed by atoms with E-state index in [4.69, 9.17) is 9.47 Å². The molecule has 0 bridgehead atoms. The number of aliphatic hydroxyl groups excluding tert-OH is 1. The minimum absolute atomic E-state index is 0.00158. The van der Waals surface area contributed by atoms with Crippen molar-refractivity contribution in [2.45, 2.75) is 45.8 Å². The van der Waals surface area contributed by atoms with Crippen LogP contribution in [-0.4, -0.2) is 44.7 Å². The Morgan fingerprint density at radius 2 is 1.37 bits per heavy atom. The summed E-state index contributed by atoms with van der Waals surface area (Å²) in [5.41, 5.74) is 2.19. The summed E-state index contributed by atoms with van der Waals surface area (Å²) in [7, 11) is 0. The fourth-order valence-corrected chi connectivity index (χ4v) is 4.20. The van der Waals surface area contributed by atoms with Gasteiger partial charge in [0.25, 0.3) is 0 Å². The minimum atomic E-state index is -0.799. The summed E-state index contributed by atoms with van der Waals surface area (Å²) in [6.45, 7) is 4.70. The van der Waals surface area contributed by atoms with Gasteiger partial charge in [0, 0.05) is 23.1 Å². The molecule has 1 heterocycles. The van der Waals surface area contributed by atoms with E-state index in [0.29, 0.717) is 28.8 Å². The van der Waals surface area contributed by atoms with Crippen LogP contribution in [0.15, 0.2) is 78.9 Å². The molecule has 4 rings (SSSR count). The number of phenols is 1. The van der Waals surface area contributed by atoms with Gasteiger partial charge in [-0.25, -0.2) is 15.0 Å². The first-order chi connectivity index (χ1) is 18.6. The van der Waals surface area contributed by atoms with Crippen molar-refractivity contribution in [3.8, 4) is 45.7 Å². The van der Waals surface area contributed by atoms with Crippen molar-refractivity contribution in [1.82, 2.24) is 15.0 Å². The van der Waals surface area contributed by atoms with E-state index in [1.807, 2.05) is 60.7 Å². The van der Waals surface area contributed by atoms with Gasteiger partial charge in [0.1, 0.15) is 18.1 Å². The third kappa shape index (κ3) is 7.15. The highest BCUT2D eigenvalue weighted by Gasteiger charge is 2.18. The van der Waals surface area contributed by atoms with Gasteiger partial charge >= 0.3 is 0 Å². The summed E-state index contributed by atoms with van der Waals surface area (Å²) in [4.78, 5) is 14.0. The standard InChI is InChI=1S/C31H35N3O4/c1-3-5-12-22(4-2)31(36)38-20-19-37-25-17-18-26(27(35)21-25)30-33-28(23-13-8-6-9-14-23)32-29(34-30)24-15-10-7-11-16-24/h6-11,13-18,21-22,31,35-36H,3-5,12,19-20H2,1-2H3. The van der Waals surface area contributed by atoms with Gasteiger partial charge in [-0.15, -0.1) is 0 Å². The highest BCUT2D eigenvalue weighted by atomic mass is 16.6. The molecule has 7 nitrogen and oxygen atoms in total. The maximum atomic E-state index is 10.8. The zero-order chi connectivity index (χ0) is 26.7. The zero-order valence-electron chi connectivity index (χ0n) is 22.0. The van der Waals surface area contributed by atoms with Crippen LogP contribution in [0.3, 0.4) is 0 Å². The monoisotopic (exact) mass is 513 g/mol. The van der Waals surface area contributed by atoms with Gasteiger partial charge in [-0.05, 0) is 25.0 Å². The van der Waals surface area contributed by atoms with Crippen LogP contribution in [0.4, 0.5) is 0 Å². The topological polar surface area (TPSA) is 97.6 Å². The maximum Gasteiger partial charge on any atom is 0.167 e. The first-order valence-corrected chi connectivity index (χ1v) is 13.2. The van der Waals surface area contributed by atoms with Crippen molar-refractivity contribution >= 4 is 0 Å². The van der Waals surface area contributed by atoms with Gasteiger partial charge in [-0.1, -0.05) is 87.4 Å². The van der Waals surface area contributed by atoms with Crippen LogP contribution in [0.2, 0.25) is 0 Å². The van der Waals surface area contributed by atoms with E-state index in [9.17, 15) is 10.2 Å². The number of hydrogen-bond acceptors (Lipinski definition) is 7. The smallest absolute Gasteiger partial charge is 0.167 e. The molecule has 0 saturated carbocycles. The average molecular weight is 514 g/mol. The Balaban J connectivity index is 1.49. The number of unbranched alkanes of at least 4 members (excludes halogenated alkanes) is 1. The Bertz CT molecular complexity index is 1230. The Hall–Kier alpha value is -3.81. The molecular weight excluding hydrogens is 478 g/mol. The number of phenolic OH excluding ortho intramolecular Hbond substituents is 1. The number of ether oxygens (including phenoxy) is 2. The number of nitrogens with zero attached hydrogens (tertiary/aromatic N) is 3. The zero-order valence-corrected chi connectivity index (χ0v) is 22.0. The summed E-state index contributed by atoms with van der Waals surface area (Å²) in [5, 5.41) is 21.2. The number of hydrogen-bond donors (Lipinski definition) is 2. The third-order valence-electron chi connectivity index (χ3n) is 6.41. The second kappa shape index (κ2) is 13.7. The highest BCUT2D eigenvalue weighted by Crippen LogP contribution is 2.32. The lowest BCUT2D eigenvalue weighted by atomic mass is 9.99. The van der Waals surface area contributed by atoms with E-state index >= 15 is 0 Å². The quantitative estimate of drug-likeness (QED) is 0.155. The molecule has 0 saturated heterocycles. The number of aromatic hydroxyl groups is 1. The van der Waals surface area contributed by atoms with E-state index in [-0.39, 0.29) is 24.9 Å². The van der Waals surface area contributed by atoms with Crippen LogP contribution in [-0.2, 0) is 4.74 Å². The largest absolute Gasteiger partial charge is 0.507 e. The molecule has 7 heteroatoms. The highest BCUT2D eigenvalue weighted by molar-refractivity contribution is 5.70. The van der Waals surface area contributed by atoms with Crippen LogP contribution in [0.25, 0.3) is 34.2 Å². The van der Waals surface area contributed by atoms with E-state index < -0.39 is 6.29 Å². The normalized spacial score (nSPS) is 12.7. The van der Waals surface area contributed by atoms with Crippen LogP contribution in [0.5, 0.6) is 11.5 Å². The van der Waals surface area contributed by atoms with Gasteiger partial charge in [0.2, 0.25) is 0 Å². The molecule has 0 aliphatic heterocycles. The molecule has 3 aromatic carbocycles. The lowest BCUT2D eigenvalue weighted by Gasteiger charge is -2.21. The number of aliphatic hydroxyl groups is 1. The molecule has 2 N–H and O–H groups in total. The van der Waals surface area contributed by atoms with Crippen LogP contribution in [0.1, 0.15) is 39.5 Å². The van der Waals surface area contributed by atoms with Crippen molar-refractivity contribution in [1.29, 1.82) is 0 Å². The van der Waals surface area contributed by atoms with E-state index in [1.54, 1.807) is 12.1 Å². The Labute approximate surface area is 224 Å². The van der Waals surface area contributed by atoms with Gasteiger partial charge in [0.05, 0.1) is 12.2 Å². The first kappa shape index (κ1) is 27.2. The van der Waals surface area contributed by atoms with Crippen molar-refractivity contribution in [2.75, 3.05) is 13.2 Å². The van der Waals surface area contributed by atoms with E-state index in [1.165, 1.54) is 6.07 Å². The van der Waals surface area contributed by atoms with Crippen molar-refractivity contribution in [3.05, 3.63) is 78.9 Å². The molecule has 4 aromatic rings. The van der Waals surface area contributed by atoms with Gasteiger partial charge in [0.15, 0.2) is 23.8 Å². The number of rotatable bonds is 13. The fourth-order valence-electron chi connectivity index (χ4n) is 4.20. The minimum Gasteiger partial charge on any atom is -0.507 e. The van der Waals surface area contributed by atoms with Crippen molar-refractivity contribution in [3.63, 3.8) is 0 Å². The molecule has 38 heavy (non-hydrogen) atoms. The van der Waals surface area contributed by atoms with Crippen LogP contribution < -0.4 is 4.74 Å². The number of benzene rings is 3. The second-order valence-corrected chi connectivity index (χ2v) is 9.14. The Morgan fingerprint density at radius 3 is 1.92 bits per heavy atom. The SMILES string of the molecule is CCCCC(CC)C(O)OCCOc1ccc(-c2nc(-c3ccccc3)nc(-c3ccccc3)n2)c(O)c1. The summed E-state index contributed by atoms with van der Waals surface area (Å²) >= 11 is 0. The van der Waals surface area contributed by atoms with Crippen molar-refractivity contribution < 1.29 is 19.7 Å².